The number of fused-ring (bicyclic) bond motifs is 1. The van der Waals surface area contributed by atoms with Gasteiger partial charge in [0.2, 0.25) is 0 Å². The molecule has 0 spiro atoms. The molecule has 0 aliphatic heterocycles. The molecule has 1 amide bonds. The fourth-order valence-corrected chi connectivity index (χ4v) is 3.41. The van der Waals surface area contributed by atoms with Crippen LogP contribution in [0.1, 0.15) is 15.9 Å². The van der Waals surface area contributed by atoms with Gasteiger partial charge in [-0.25, -0.2) is 9.97 Å². The molecule has 0 saturated heterocycles. The molecule has 0 aliphatic rings. The summed E-state index contributed by atoms with van der Waals surface area (Å²) < 4.78 is 2.96. The molecular formula is C18H14N4OS. The van der Waals surface area contributed by atoms with E-state index in [9.17, 15) is 4.79 Å². The number of carbonyl (C=O) groups is 1. The number of thiazole rings is 1. The summed E-state index contributed by atoms with van der Waals surface area (Å²) in [4.78, 5) is 20.9. The third kappa shape index (κ3) is 2.79. The van der Waals surface area contributed by atoms with Gasteiger partial charge >= 0.3 is 0 Å². The first-order valence-electron chi connectivity index (χ1n) is 7.46. The fraction of sp³-hybridized carbons (Fsp3) is 0.0556. The van der Waals surface area contributed by atoms with Gasteiger partial charge in [0.15, 0.2) is 5.13 Å². The second kappa shape index (κ2) is 5.90. The van der Waals surface area contributed by atoms with Crippen molar-refractivity contribution < 1.29 is 4.79 Å². The Kier molecular flexibility index (Phi) is 3.59. The smallest absolute Gasteiger partial charge is 0.257 e. The Morgan fingerprint density at radius 3 is 2.75 bits per heavy atom. The summed E-state index contributed by atoms with van der Waals surface area (Å²) in [5, 5.41) is 3.48. The number of nitrogens with zero attached hydrogens (tertiary/aromatic N) is 3. The minimum atomic E-state index is -0.164. The molecule has 2 aromatic carbocycles. The lowest BCUT2D eigenvalue weighted by Crippen LogP contribution is -2.11. The minimum absolute atomic E-state index is 0.164. The van der Waals surface area contributed by atoms with Crippen LogP contribution in [0.15, 0.2) is 61.2 Å². The van der Waals surface area contributed by atoms with E-state index in [0.29, 0.717) is 10.7 Å². The fourth-order valence-electron chi connectivity index (χ4n) is 2.45. The van der Waals surface area contributed by atoms with Crippen molar-refractivity contribution in [3.05, 3.63) is 72.3 Å². The van der Waals surface area contributed by atoms with Crippen molar-refractivity contribution in [2.24, 2.45) is 0 Å². The van der Waals surface area contributed by atoms with Crippen LogP contribution in [0.5, 0.6) is 0 Å². The highest BCUT2D eigenvalue weighted by atomic mass is 32.1. The molecule has 24 heavy (non-hydrogen) atoms. The van der Waals surface area contributed by atoms with Crippen LogP contribution in [0.25, 0.3) is 15.9 Å². The third-order valence-corrected chi connectivity index (χ3v) is 4.63. The summed E-state index contributed by atoms with van der Waals surface area (Å²) in [6.07, 6.45) is 5.30. The summed E-state index contributed by atoms with van der Waals surface area (Å²) >= 11 is 1.48. The Morgan fingerprint density at radius 1 is 1.17 bits per heavy atom. The van der Waals surface area contributed by atoms with E-state index in [1.165, 1.54) is 16.9 Å². The molecule has 2 heterocycles. The molecule has 0 aliphatic carbocycles. The zero-order chi connectivity index (χ0) is 16.5. The Morgan fingerprint density at radius 2 is 2.00 bits per heavy atom. The van der Waals surface area contributed by atoms with Gasteiger partial charge in [-0.05, 0) is 48.9 Å². The van der Waals surface area contributed by atoms with Crippen LogP contribution in [-0.4, -0.2) is 20.4 Å². The molecule has 5 nitrogen and oxygen atoms in total. The number of hydrogen-bond acceptors (Lipinski definition) is 4. The number of rotatable bonds is 3. The van der Waals surface area contributed by atoms with Crippen molar-refractivity contribution in [3.8, 4) is 5.69 Å². The maximum Gasteiger partial charge on any atom is 0.257 e. The first-order chi connectivity index (χ1) is 11.7. The Labute approximate surface area is 142 Å². The number of anilines is 1. The van der Waals surface area contributed by atoms with Crippen LogP contribution in [0, 0.1) is 6.92 Å². The van der Waals surface area contributed by atoms with Crippen molar-refractivity contribution in [1.82, 2.24) is 14.5 Å². The van der Waals surface area contributed by atoms with E-state index in [1.807, 2.05) is 42.0 Å². The second-order valence-electron chi connectivity index (χ2n) is 5.46. The lowest BCUT2D eigenvalue weighted by Gasteiger charge is -2.04. The Bertz CT molecular complexity index is 1000. The molecule has 6 heteroatoms. The number of hydrogen-bond donors (Lipinski definition) is 1. The average Bonchev–Trinajstić information content (AvgIpc) is 3.23. The SMILES string of the molecule is Cc1ccc2nc(NC(=O)c3ccc(-n4ccnc4)cc3)sc2c1. The highest BCUT2D eigenvalue weighted by Gasteiger charge is 2.10. The largest absolute Gasteiger partial charge is 0.306 e. The van der Waals surface area contributed by atoms with Gasteiger partial charge in [0.25, 0.3) is 5.91 Å². The lowest BCUT2D eigenvalue weighted by atomic mass is 10.2. The van der Waals surface area contributed by atoms with Gasteiger partial charge in [-0.15, -0.1) is 0 Å². The molecule has 2 aromatic heterocycles. The topological polar surface area (TPSA) is 59.8 Å². The lowest BCUT2D eigenvalue weighted by molar-refractivity contribution is 0.102. The molecule has 4 rings (SSSR count). The molecule has 0 radical (unpaired) electrons. The summed E-state index contributed by atoms with van der Waals surface area (Å²) in [6.45, 7) is 2.04. The van der Waals surface area contributed by atoms with E-state index in [4.69, 9.17) is 0 Å². The number of aromatic nitrogens is 3. The molecule has 0 unspecified atom stereocenters. The normalized spacial score (nSPS) is 10.9. The van der Waals surface area contributed by atoms with Crippen molar-refractivity contribution in [1.29, 1.82) is 0 Å². The molecule has 1 N–H and O–H groups in total. The summed E-state index contributed by atoms with van der Waals surface area (Å²) in [5.41, 5.74) is 3.63. The second-order valence-corrected chi connectivity index (χ2v) is 6.49. The van der Waals surface area contributed by atoms with Gasteiger partial charge < -0.3 is 4.57 Å². The van der Waals surface area contributed by atoms with E-state index in [2.05, 4.69) is 21.4 Å². The van der Waals surface area contributed by atoms with Crippen LogP contribution in [0.3, 0.4) is 0 Å². The van der Waals surface area contributed by atoms with Crippen LogP contribution in [0.4, 0.5) is 5.13 Å². The van der Waals surface area contributed by atoms with Gasteiger partial charge in [-0.2, -0.15) is 0 Å². The molecule has 0 bridgehead atoms. The quantitative estimate of drug-likeness (QED) is 0.615. The van der Waals surface area contributed by atoms with Gasteiger partial charge in [0.1, 0.15) is 0 Å². The van der Waals surface area contributed by atoms with Gasteiger partial charge in [-0.1, -0.05) is 17.4 Å². The van der Waals surface area contributed by atoms with Crippen LogP contribution in [0.2, 0.25) is 0 Å². The number of benzene rings is 2. The van der Waals surface area contributed by atoms with Crippen LogP contribution < -0.4 is 5.32 Å². The third-order valence-electron chi connectivity index (χ3n) is 3.70. The number of nitrogens with one attached hydrogen (secondary N) is 1. The van der Waals surface area contributed by atoms with Crippen molar-refractivity contribution in [2.75, 3.05) is 5.32 Å². The summed E-state index contributed by atoms with van der Waals surface area (Å²) in [7, 11) is 0. The zero-order valence-electron chi connectivity index (χ0n) is 12.9. The molecule has 0 saturated carbocycles. The predicted octanol–water partition coefficient (Wildman–Crippen LogP) is 4.04. The monoisotopic (exact) mass is 334 g/mol. The zero-order valence-corrected chi connectivity index (χ0v) is 13.7. The van der Waals surface area contributed by atoms with E-state index in [-0.39, 0.29) is 5.91 Å². The Hall–Kier alpha value is -2.99. The summed E-state index contributed by atoms with van der Waals surface area (Å²) in [5.74, 6) is -0.164. The molecule has 118 valence electrons. The molecule has 0 atom stereocenters. The maximum atomic E-state index is 12.4. The predicted molar refractivity (Wildman–Crippen MR) is 95.9 cm³/mol. The van der Waals surface area contributed by atoms with E-state index >= 15 is 0 Å². The molecule has 0 fully saturated rings. The van der Waals surface area contributed by atoms with E-state index < -0.39 is 0 Å². The van der Waals surface area contributed by atoms with Gasteiger partial charge in [0.05, 0.1) is 16.5 Å². The Balaban J connectivity index is 1.54. The average molecular weight is 334 g/mol. The van der Waals surface area contributed by atoms with E-state index in [1.54, 1.807) is 24.7 Å². The van der Waals surface area contributed by atoms with Gasteiger partial charge in [-0.3, -0.25) is 10.1 Å². The van der Waals surface area contributed by atoms with Crippen molar-refractivity contribution >= 4 is 32.6 Å². The first kappa shape index (κ1) is 14.6. The number of carbonyl (C=O) groups excluding carboxylic acids is 1. The molecular weight excluding hydrogens is 320 g/mol. The van der Waals surface area contributed by atoms with Crippen LogP contribution in [-0.2, 0) is 0 Å². The highest BCUT2D eigenvalue weighted by molar-refractivity contribution is 7.22. The van der Waals surface area contributed by atoms with Gasteiger partial charge in [0, 0.05) is 23.6 Å². The van der Waals surface area contributed by atoms with Crippen molar-refractivity contribution in [3.63, 3.8) is 0 Å². The minimum Gasteiger partial charge on any atom is -0.306 e. The number of aryl methyl sites for hydroxylation is 1. The van der Waals surface area contributed by atoms with Crippen molar-refractivity contribution in [2.45, 2.75) is 6.92 Å². The highest BCUT2D eigenvalue weighted by Crippen LogP contribution is 2.27. The standard InChI is InChI=1S/C18H14N4OS/c1-12-2-7-15-16(10-12)24-18(20-15)21-17(23)13-3-5-14(6-4-13)22-9-8-19-11-22/h2-11H,1H3,(H,20,21,23). The number of amides is 1. The summed E-state index contributed by atoms with van der Waals surface area (Å²) in [6, 6.07) is 13.4. The van der Waals surface area contributed by atoms with Crippen LogP contribution >= 0.6 is 11.3 Å². The first-order valence-corrected chi connectivity index (χ1v) is 8.28. The maximum absolute atomic E-state index is 12.4. The number of imidazole rings is 1. The molecule has 4 aromatic rings. The van der Waals surface area contributed by atoms with E-state index in [0.717, 1.165) is 15.9 Å².